The fraction of sp³-hybridized carbons (Fsp3) is 0.538. The molecular formula is C13H18Cl2FNO. The van der Waals surface area contributed by atoms with Gasteiger partial charge >= 0.3 is 0 Å². The van der Waals surface area contributed by atoms with Gasteiger partial charge in [0.15, 0.2) is 0 Å². The Morgan fingerprint density at radius 2 is 2.06 bits per heavy atom. The predicted octanol–water partition coefficient (Wildman–Crippen LogP) is 3.37. The normalized spacial score (nSPS) is 18.7. The molecule has 0 aliphatic heterocycles. The summed E-state index contributed by atoms with van der Waals surface area (Å²) in [5, 5.41) is 10.4. The van der Waals surface area contributed by atoms with E-state index in [1.807, 2.05) is 0 Å². The van der Waals surface area contributed by atoms with E-state index in [0.717, 1.165) is 24.8 Å². The minimum absolute atomic E-state index is 0. The van der Waals surface area contributed by atoms with Gasteiger partial charge in [0.25, 0.3) is 0 Å². The maximum atomic E-state index is 13.8. The highest BCUT2D eigenvalue weighted by Gasteiger charge is 2.33. The maximum absolute atomic E-state index is 13.8. The number of benzene rings is 1. The van der Waals surface area contributed by atoms with Gasteiger partial charge in [-0.3, -0.25) is 0 Å². The molecule has 1 aliphatic carbocycles. The van der Waals surface area contributed by atoms with E-state index in [1.54, 1.807) is 13.0 Å². The van der Waals surface area contributed by atoms with Gasteiger partial charge in [0.1, 0.15) is 5.82 Å². The van der Waals surface area contributed by atoms with Crippen LogP contribution in [0.15, 0.2) is 12.1 Å². The molecule has 1 aliphatic rings. The topological polar surface area (TPSA) is 46.2 Å². The van der Waals surface area contributed by atoms with Crippen LogP contribution in [0.3, 0.4) is 0 Å². The molecule has 0 heterocycles. The average Bonchev–Trinajstić information content (AvgIpc) is 2.21. The van der Waals surface area contributed by atoms with Crippen LogP contribution >= 0.6 is 24.0 Å². The summed E-state index contributed by atoms with van der Waals surface area (Å²) >= 11 is 6.07. The first-order chi connectivity index (χ1) is 8.02. The molecule has 0 amide bonds. The lowest BCUT2D eigenvalue weighted by molar-refractivity contribution is 0.0405. The van der Waals surface area contributed by atoms with Crippen molar-refractivity contribution in [2.24, 2.45) is 11.7 Å². The Labute approximate surface area is 118 Å². The highest BCUT2D eigenvalue weighted by Crippen LogP contribution is 2.37. The van der Waals surface area contributed by atoms with Crippen LogP contribution in [0.5, 0.6) is 0 Å². The number of hydrogen-bond acceptors (Lipinski definition) is 2. The molecule has 1 aromatic rings. The summed E-state index contributed by atoms with van der Waals surface area (Å²) in [6.45, 7) is 1.80. The van der Waals surface area contributed by atoms with Gasteiger partial charge in [0, 0.05) is 5.56 Å². The Balaban J connectivity index is 0.00000162. The Morgan fingerprint density at radius 1 is 1.44 bits per heavy atom. The molecule has 5 heteroatoms. The lowest BCUT2D eigenvalue weighted by Crippen LogP contribution is -2.37. The number of hydrogen-bond donors (Lipinski definition) is 2. The second kappa shape index (κ2) is 6.20. The first-order valence-electron chi connectivity index (χ1n) is 5.90. The molecule has 2 nitrogen and oxygen atoms in total. The van der Waals surface area contributed by atoms with Crippen LogP contribution in [0, 0.1) is 18.7 Å². The Morgan fingerprint density at radius 3 is 2.56 bits per heavy atom. The van der Waals surface area contributed by atoms with Crippen LogP contribution in [0.2, 0.25) is 5.02 Å². The first kappa shape index (κ1) is 15.7. The number of nitrogens with two attached hydrogens (primary N) is 1. The molecule has 0 radical (unpaired) electrons. The van der Waals surface area contributed by atoms with Crippen molar-refractivity contribution in [3.05, 3.63) is 34.1 Å². The van der Waals surface area contributed by atoms with Gasteiger partial charge in [0.2, 0.25) is 0 Å². The third kappa shape index (κ3) is 2.80. The van der Waals surface area contributed by atoms with Crippen molar-refractivity contribution in [1.82, 2.24) is 0 Å². The molecular weight excluding hydrogens is 276 g/mol. The number of halogens is 3. The third-order valence-electron chi connectivity index (χ3n) is 3.65. The molecule has 2 atom stereocenters. The van der Waals surface area contributed by atoms with Gasteiger partial charge < -0.3 is 10.8 Å². The van der Waals surface area contributed by atoms with Gasteiger partial charge in [-0.2, -0.15) is 0 Å². The largest absolute Gasteiger partial charge is 0.391 e. The van der Waals surface area contributed by atoms with E-state index in [4.69, 9.17) is 17.3 Å². The zero-order valence-electron chi connectivity index (χ0n) is 10.2. The number of aliphatic hydroxyl groups is 1. The van der Waals surface area contributed by atoms with Crippen LogP contribution in [0.1, 0.15) is 36.4 Å². The quantitative estimate of drug-likeness (QED) is 0.898. The standard InChI is InChI=1S/C13H17ClFNO.ClH/c1-7-5-6-9(15)10(11(7)14)12(16)13(17)8-3-2-4-8;/h5-6,8,12-13,17H,2-4,16H2,1H3;1H/t12-,13+;/m0./s1. The van der Waals surface area contributed by atoms with Gasteiger partial charge in [-0.25, -0.2) is 4.39 Å². The Kier molecular flexibility index (Phi) is 5.41. The fourth-order valence-corrected chi connectivity index (χ4v) is 2.51. The molecule has 0 bridgehead atoms. The molecule has 0 aromatic heterocycles. The second-order valence-corrected chi connectivity index (χ2v) is 5.18. The first-order valence-corrected chi connectivity index (χ1v) is 6.28. The molecule has 0 saturated heterocycles. The highest BCUT2D eigenvalue weighted by atomic mass is 35.5. The molecule has 3 N–H and O–H groups in total. The lowest BCUT2D eigenvalue weighted by Gasteiger charge is -2.34. The molecule has 0 unspecified atom stereocenters. The predicted molar refractivity (Wildman–Crippen MR) is 73.7 cm³/mol. The van der Waals surface area contributed by atoms with Crippen LogP contribution < -0.4 is 5.73 Å². The molecule has 1 fully saturated rings. The number of rotatable bonds is 3. The van der Waals surface area contributed by atoms with E-state index in [1.165, 1.54) is 6.07 Å². The van der Waals surface area contributed by atoms with Gasteiger partial charge in [-0.15, -0.1) is 12.4 Å². The van der Waals surface area contributed by atoms with E-state index in [0.29, 0.717) is 5.02 Å². The zero-order chi connectivity index (χ0) is 12.6. The lowest BCUT2D eigenvalue weighted by atomic mass is 9.77. The van der Waals surface area contributed by atoms with Crippen molar-refractivity contribution in [2.75, 3.05) is 0 Å². The van der Waals surface area contributed by atoms with Gasteiger partial charge in [-0.1, -0.05) is 24.1 Å². The van der Waals surface area contributed by atoms with Crippen molar-refractivity contribution in [3.63, 3.8) is 0 Å². The third-order valence-corrected chi connectivity index (χ3v) is 4.16. The molecule has 1 saturated carbocycles. The smallest absolute Gasteiger partial charge is 0.129 e. The van der Waals surface area contributed by atoms with Crippen molar-refractivity contribution < 1.29 is 9.50 Å². The molecule has 18 heavy (non-hydrogen) atoms. The van der Waals surface area contributed by atoms with Gasteiger partial charge in [0.05, 0.1) is 17.2 Å². The van der Waals surface area contributed by atoms with E-state index in [9.17, 15) is 9.50 Å². The Bertz CT molecular complexity index is 424. The molecule has 2 rings (SSSR count). The van der Waals surface area contributed by atoms with E-state index in [2.05, 4.69) is 0 Å². The van der Waals surface area contributed by atoms with Crippen LogP contribution in [0.4, 0.5) is 4.39 Å². The molecule has 0 spiro atoms. The summed E-state index contributed by atoms with van der Waals surface area (Å²) in [6.07, 6.45) is 2.32. The summed E-state index contributed by atoms with van der Waals surface area (Å²) in [4.78, 5) is 0. The van der Waals surface area contributed by atoms with Crippen LogP contribution in [0.25, 0.3) is 0 Å². The van der Waals surface area contributed by atoms with Crippen molar-refractivity contribution in [1.29, 1.82) is 0 Å². The van der Waals surface area contributed by atoms with Crippen LogP contribution in [-0.4, -0.2) is 11.2 Å². The van der Waals surface area contributed by atoms with E-state index < -0.39 is 18.0 Å². The van der Waals surface area contributed by atoms with Gasteiger partial charge in [-0.05, 0) is 37.3 Å². The van der Waals surface area contributed by atoms with E-state index in [-0.39, 0.29) is 23.9 Å². The SMILES string of the molecule is Cc1ccc(F)c([C@H](N)[C@H](O)C2CCC2)c1Cl.Cl. The zero-order valence-corrected chi connectivity index (χ0v) is 11.8. The average molecular weight is 294 g/mol. The van der Waals surface area contributed by atoms with Crippen molar-refractivity contribution in [2.45, 2.75) is 38.3 Å². The maximum Gasteiger partial charge on any atom is 0.129 e. The fourth-order valence-electron chi connectivity index (χ4n) is 2.23. The summed E-state index contributed by atoms with van der Waals surface area (Å²) in [5.41, 5.74) is 6.96. The Hall–Kier alpha value is -0.350. The van der Waals surface area contributed by atoms with Crippen molar-refractivity contribution in [3.8, 4) is 0 Å². The monoisotopic (exact) mass is 293 g/mol. The van der Waals surface area contributed by atoms with E-state index >= 15 is 0 Å². The summed E-state index contributed by atoms with van der Waals surface area (Å²) in [6, 6.07) is 2.22. The molecule has 102 valence electrons. The minimum atomic E-state index is -0.743. The number of aliphatic hydroxyl groups excluding tert-OH is 1. The second-order valence-electron chi connectivity index (χ2n) is 4.80. The highest BCUT2D eigenvalue weighted by molar-refractivity contribution is 6.32. The number of aryl methyl sites for hydroxylation is 1. The summed E-state index contributed by atoms with van der Waals surface area (Å²) < 4.78 is 13.8. The van der Waals surface area contributed by atoms with Crippen LogP contribution in [-0.2, 0) is 0 Å². The van der Waals surface area contributed by atoms with Crippen molar-refractivity contribution >= 4 is 24.0 Å². The summed E-state index contributed by atoms with van der Waals surface area (Å²) in [5.74, 6) is -0.257. The molecule has 1 aromatic carbocycles. The minimum Gasteiger partial charge on any atom is -0.391 e. The summed E-state index contributed by atoms with van der Waals surface area (Å²) in [7, 11) is 0.